The first-order valence-corrected chi connectivity index (χ1v) is 6.24. The van der Waals surface area contributed by atoms with Gasteiger partial charge >= 0.3 is 0 Å². The molecule has 2 aromatic rings. The van der Waals surface area contributed by atoms with E-state index in [-0.39, 0.29) is 5.91 Å². The molecule has 0 saturated heterocycles. The number of benzene rings is 1. The quantitative estimate of drug-likeness (QED) is 0.516. The standard InChI is InChI=1S/C12H14BrN3O/c13-10-8-16(7-3-6-12(17)15-14)11-5-2-1-4-9(10)11/h1-2,4-5,8H,3,6-7,14H2,(H,15,17). The summed E-state index contributed by atoms with van der Waals surface area (Å²) in [5.74, 6) is 4.91. The molecule has 3 N–H and O–H groups in total. The Kier molecular flexibility index (Phi) is 3.81. The Hall–Kier alpha value is -1.33. The number of aromatic nitrogens is 1. The van der Waals surface area contributed by atoms with Crippen LogP contribution in [0.15, 0.2) is 34.9 Å². The van der Waals surface area contributed by atoms with Crippen molar-refractivity contribution in [2.24, 2.45) is 5.84 Å². The second-order valence-electron chi connectivity index (χ2n) is 3.86. The highest BCUT2D eigenvalue weighted by atomic mass is 79.9. The second kappa shape index (κ2) is 5.33. The van der Waals surface area contributed by atoms with E-state index in [9.17, 15) is 4.79 Å². The summed E-state index contributed by atoms with van der Waals surface area (Å²) in [5, 5.41) is 1.19. The van der Waals surface area contributed by atoms with E-state index in [2.05, 4.69) is 38.1 Å². The van der Waals surface area contributed by atoms with Gasteiger partial charge in [0.2, 0.25) is 5.91 Å². The van der Waals surface area contributed by atoms with E-state index in [0.29, 0.717) is 6.42 Å². The highest BCUT2D eigenvalue weighted by Crippen LogP contribution is 2.26. The zero-order chi connectivity index (χ0) is 12.3. The van der Waals surface area contributed by atoms with Gasteiger partial charge in [-0.25, -0.2) is 5.84 Å². The first-order chi connectivity index (χ1) is 8.22. The number of amides is 1. The van der Waals surface area contributed by atoms with Crippen LogP contribution in [0.1, 0.15) is 12.8 Å². The summed E-state index contributed by atoms with van der Waals surface area (Å²) in [4.78, 5) is 11.0. The minimum atomic E-state index is -0.125. The third-order valence-corrected chi connectivity index (χ3v) is 3.34. The van der Waals surface area contributed by atoms with Gasteiger partial charge in [0, 0.05) is 34.5 Å². The number of aryl methyl sites for hydroxylation is 1. The number of nitrogens with one attached hydrogen (secondary N) is 1. The fraction of sp³-hybridized carbons (Fsp3) is 0.250. The number of hydrazine groups is 1. The number of nitrogens with zero attached hydrogens (tertiary/aromatic N) is 1. The maximum Gasteiger partial charge on any atom is 0.233 e. The van der Waals surface area contributed by atoms with Crippen molar-refractivity contribution in [3.63, 3.8) is 0 Å². The van der Waals surface area contributed by atoms with Crippen LogP contribution < -0.4 is 11.3 Å². The molecule has 17 heavy (non-hydrogen) atoms. The Bertz CT molecular complexity index is 536. The third-order valence-electron chi connectivity index (χ3n) is 2.70. The molecule has 1 heterocycles. The molecule has 1 aromatic heterocycles. The van der Waals surface area contributed by atoms with Crippen LogP contribution in [0.5, 0.6) is 0 Å². The van der Waals surface area contributed by atoms with Gasteiger partial charge in [0.05, 0.1) is 0 Å². The number of fused-ring (bicyclic) bond motifs is 1. The summed E-state index contributed by atoms with van der Waals surface area (Å²) in [6.45, 7) is 0.805. The van der Waals surface area contributed by atoms with Gasteiger partial charge in [-0.05, 0) is 28.4 Å². The summed E-state index contributed by atoms with van der Waals surface area (Å²) in [6.07, 6.45) is 3.26. The first-order valence-electron chi connectivity index (χ1n) is 5.45. The van der Waals surface area contributed by atoms with Crippen molar-refractivity contribution in [1.29, 1.82) is 0 Å². The highest BCUT2D eigenvalue weighted by Gasteiger charge is 2.06. The number of carbonyl (C=O) groups excluding carboxylic acids is 1. The van der Waals surface area contributed by atoms with Crippen LogP contribution in [0.4, 0.5) is 0 Å². The fourth-order valence-corrected chi connectivity index (χ4v) is 2.45. The van der Waals surface area contributed by atoms with Crippen LogP contribution >= 0.6 is 15.9 Å². The van der Waals surface area contributed by atoms with Crippen molar-refractivity contribution >= 4 is 32.7 Å². The van der Waals surface area contributed by atoms with E-state index in [1.807, 2.05) is 18.3 Å². The number of hydrogen-bond donors (Lipinski definition) is 2. The zero-order valence-corrected chi connectivity index (χ0v) is 10.9. The van der Waals surface area contributed by atoms with Gasteiger partial charge < -0.3 is 4.57 Å². The monoisotopic (exact) mass is 295 g/mol. The molecule has 1 amide bonds. The predicted molar refractivity (Wildman–Crippen MR) is 71.2 cm³/mol. The molecular formula is C12H14BrN3O. The average Bonchev–Trinajstić information content (AvgIpc) is 2.67. The van der Waals surface area contributed by atoms with Crippen molar-refractivity contribution in [3.05, 3.63) is 34.9 Å². The molecule has 0 aliphatic rings. The predicted octanol–water partition coefficient (Wildman–Crippen LogP) is 2.17. The maximum atomic E-state index is 11.0. The molecule has 2 rings (SSSR count). The van der Waals surface area contributed by atoms with Gasteiger partial charge in [-0.2, -0.15) is 0 Å². The summed E-state index contributed by atoms with van der Waals surface area (Å²) >= 11 is 3.53. The molecule has 0 bridgehead atoms. The summed E-state index contributed by atoms with van der Waals surface area (Å²) < 4.78 is 3.22. The van der Waals surface area contributed by atoms with E-state index in [4.69, 9.17) is 5.84 Å². The molecule has 0 spiro atoms. The minimum Gasteiger partial charge on any atom is -0.346 e. The van der Waals surface area contributed by atoms with Crippen molar-refractivity contribution in [3.8, 4) is 0 Å². The van der Waals surface area contributed by atoms with Gasteiger partial charge in [-0.3, -0.25) is 10.2 Å². The molecular weight excluding hydrogens is 282 g/mol. The lowest BCUT2D eigenvalue weighted by Crippen LogP contribution is -2.29. The third kappa shape index (κ3) is 2.68. The van der Waals surface area contributed by atoms with E-state index in [0.717, 1.165) is 17.4 Å². The van der Waals surface area contributed by atoms with Crippen LogP contribution in [-0.4, -0.2) is 10.5 Å². The van der Waals surface area contributed by atoms with Gasteiger partial charge in [0.25, 0.3) is 0 Å². The topological polar surface area (TPSA) is 60.0 Å². The highest BCUT2D eigenvalue weighted by molar-refractivity contribution is 9.10. The molecule has 0 atom stereocenters. The lowest BCUT2D eigenvalue weighted by Gasteiger charge is -2.04. The number of carbonyl (C=O) groups is 1. The fourth-order valence-electron chi connectivity index (χ4n) is 1.87. The van der Waals surface area contributed by atoms with E-state index < -0.39 is 0 Å². The smallest absolute Gasteiger partial charge is 0.233 e. The van der Waals surface area contributed by atoms with Gasteiger partial charge in [-0.15, -0.1) is 0 Å². The molecule has 0 aliphatic heterocycles. The van der Waals surface area contributed by atoms with Crippen molar-refractivity contribution in [2.45, 2.75) is 19.4 Å². The SMILES string of the molecule is NNC(=O)CCCn1cc(Br)c2ccccc21. The van der Waals surface area contributed by atoms with E-state index in [1.165, 1.54) is 10.9 Å². The number of nitrogens with two attached hydrogens (primary N) is 1. The molecule has 0 fully saturated rings. The Morgan fingerprint density at radius 1 is 1.41 bits per heavy atom. The minimum absolute atomic E-state index is 0.125. The summed E-state index contributed by atoms with van der Waals surface area (Å²) in [7, 11) is 0. The van der Waals surface area contributed by atoms with E-state index >= 15 is 0 Å². The molecule has 90 valence electrons. The first kappa shape index (κ1) is 12.1. The molecule has 4 nitrogen and oxygen atoms in total. The van der Waals surface area contributed by atoms with Crippen LogP contribution in [0.25, 0.3) is 10.9 Å². The van der Waals surface area contributed by atoms with Gasteiger partial charge in [0.15, 0.2) is 0 Å². The number of para-hydroxylation sites is 1. The maximum absolute atomic E-state index is 11.0. The average molecular weight is 296 g/mol. The van der Waals surface area contributed by atoms with E-state index in [1.54, 1.807) is 0 Å². The lowest BCUT2D eigenvalue weighted by atomic mass is 10.2. The van der Waals surface area contributed by atoms with Crippen LogP contribution in [0.2, 0.25) is 0 Å². The summed E-state index contributed by atoms with van der Waals surface area (Å²) in [5.41, 5.74) is 3.31. The molecule has 1 aromatic carbocycles. The van der Waals surface area contributed by atoms with Crippen LogP contribution in [-0.2, 0) is 11.3 Å². The van der Waals surface area contributed by atoms with Gasteiger partial charge in [-0.1, -0.05) is 18.2 Å². The number of halogens is 1. The molecule has 0 radical (unpaired) electrons. The van der Waals surface area contributed by atoms with Crippen molar-refractivity contribution in [1.82, 2.24) is 9.99 Å². The molecule has 0 unspecified atom stereocenters. The number of rotatable bonds is 4. The molecule has 0 aliphatic carbocycles. The van der Waals surface area contributed by atoms with Gasteiger partial charge in [0.1, 0.15) is 0 Å². The van der Waals surface area contributed by atoms with Crippen LogP contribution in [0.3, 0.4) is 0 Å². The summed E-state index contributed by atoms with van der Waals surface area (Å²) in [6, 6.07) is 8.17. The lowest BCUT2D eigenvalue weighted by molar-refractivity contribution is -0.121. The Labute approximate surface area is 108 Å². The van der Waals surface area contributed by atoms with Crippen molar-refractivity contribution in [2.75, 3.05) is 0 Å². The normalized spacial score (nSPS) is 10.7. The second-order valence-corrected chi connectivity index (χ2v) is 4.71. The van der Waals surface area contributed by atoms with Crippen LogP contribution in [0, 0.1) is 0 Å². The zero-order valence-electron chi connectivity index (χ0n) is 9.32. The Morgan fingerprint density at radius 3 is 2.94 bits per heavy atom. The molecule has 5 heteroatoms. The largest absolute Gasteiger partial charge is 0.346 e. The number of hydrogen-bond acceptors (Lipinski definition) is 2. The Morgan fingerprint density at radius 2 is 2.18 bits per heavy atom. The Balaban J connectivity index is 2.11. The van der Waals surface area contributed by atoms with Crippen molar-refractivity contribution < 1.29 is 4.79 Å². The molecule has 0 saturated carbocycles.